The number of rotatable bonds is 6. The molecule has 0 aliphatic heterocycles. The second kappa shape index (κ2) is 7.35. The number of alkyl halides is 3. The third-order valence-corrected chi connectivity index (χ3v) is 3.26. The van der Waals surface area contributed by atoms with Crippen LogP contribution < -0.4 is 0 Å². The lowest BCUT2D eigenvalue weighted by Gasteiger charge is -2.21. The minimum absolute atomic E-state index is 0.144. The second-order valence-electron chi connectivity index (χ2n) is 4.16. The zero-order chi connectivity index (χ0) is 16.0. The van der Waals surface area contributed by atoms with Gasteiger partial charge < -0.3 is 10.0 Å². The minimum atomic E-state index is -4.52. The first-order chi connectivity index (χ1) is 9.74. The van der Waals surface area contributed by atoms with E-state index < -0.39 is 23.9 Å². The summed E-state index contributed by atoms with van der Waals surface area (Å²) in [5.74, 6) is -1.93. The number of carbonyl (C=O) groups is 2. The Morgan fingerprint density at radius 3 is 2.43 bits per heavy atom. The third kappa shape index (κ3) is 5.66. The van der Waals surface area contributed by atoms with Crippen molar-refractivity contribution in [2.24, 2.45) is 0 Å². The van der Waals surface area contributed by atoms with Gasteiger partial charge in [0.05, 0.1) is 5.56 Å². The molecule has 0 bridgehead atoms. The summed E-state index contributed by atoms with van der Waals surface area (Å²) in [7, 11) is 0. The van der Waals surface area contributed by atoms with E-state index in [1.807, 2.05) is 0 Å². The lowest BCUT2D eigenvalue weighted by molar-refractivity contribution is -0.137. The molecular formula is C13H14F3NO3S. The van der Waals surface area contributed by atoms with Crippen LogP contribution in [0.3, 0.4) is 0 Å². The normalized spacial score (nSPS) is 11.2. The molecule has 1 N–H and O–H groups in total. The van der Waals surface area contributed by atoms with Crippen molar-refractivity contribution >= 4 is 23.6 Å². The number of hydrogen-bond donors (Lipinski definition) is 1. The minimum Gasteiger partial charge on any atom is -0.480 e. The summed E-state index contributed by atoms with van der Waals surface area (Å²) in [4.78, 5) is 23.8. The van der Waals surface area contributed by atoms with Gasteiger partial charge >= 0.3 is 11.5 Å². The molecule has 0 saturated carbocycles. The lowest BCUT2D eigenvalue weighted by atomic mass is 10.2. The molecule has 0 spiro atoms. The third-order valence-electron chi connectivity index (χ3n) is 2.45. The number of amides is 1. The Hall–Kier alpha value is -1.70. The van der Waals surface area contributed by atoms with Crippen molar-refractivity contribution in [2.75, 3.05) is 13.1 Å². The van der Waals surface area contributed by atoms with Crippen LogP contribution in [0.1, 0.15) is 23.7 Å². The van der Waals surface area contributed by atoms with E-state index in [2.05, 4.69) is 0 Å². The van der Waals surface area contributed by atoms with Crippen LogP contribution in [-0.4, -0.2) is 40.5 Å². The largest absolute Gasteiger partial charge is 0.480 e. The van der Waals surface area contributed by atoms with E-state index in [1.54, 1.807) is 6.92 Å². The second-order valence-corrected chi connectivity index (χ2v) is 5.27. The maximum Gasteiger partial charge on any atom is 0.446 e. The molecule has 0 fully saturated rings. The smallest absolute Gasteiger partial charge is 0.446 e. The number of carboxylic acids is 1. The first kappa shape index (κ1) is 17.4. The molecule has 0 unspecified atom stereocenters. The molecule has 1 aromatic rings. The van der Waals surface area contributed by atoms with E-state index in [9.17, 15) is 22.8 Å². The maximum absolute atomic E-state index is 12.5. The van der Waals surface area contributed by atoms with Crippen molar-refractivity contribution in [3.8, 4) is 0 Å². The molecule has 8 heteroatoms. The zero-order valence-electron chi connectivity index (χ0n) is 11.2. The van der Waals surface area contributed by atoms with E-state index in [4.69, 9.17) is 5.11 Å². The van der Waals surface area contributed by atoms with Gasteiger partial charge in [-0.3, -0.25) is 9.59 Å². The monoisotopic (exact) mass is 321 g/mol. The lowest BCUT2D eigenvalue weighted by Crippen LogP contribution is -2.36. The molecule has 1 amide bonds. The van der Waals surface area contributed by atoms with Crippen LogP contribution in [0.15, 0.2) is 29.2 Å². The van der Waals surface area contributed by atoms with Gasteiger partial charge in [-0.25, -0.2) is 0 Å². The Morgan fingerprint density at radius 2 is 1.90 bits per heavy atom. The number of hydrogen-bond acceptors (Lipinski definition) is 3. The van der Waals surface area contributed by atoms with E-state index in [1.165, 1.54) is 24.3 Å². The number of nitrogens with zero attached hydrogens (tertiary/aromatic N) is 1. The van der Waals surface area contributed by atoms with Gasteiger partial charge in [0.15, 0.2) is 0 Å². The van der Waals surface area contributed by atoms with Crippen molar-refractivity contribution in [1.82, 2.24) is 4.90 Å². The predicted molar refractivity (Wildman–Crippen MR) is 72.2 cm³/mol. The number of halogens is 3. The Balaban J connectivity index is 3.07. The van der Waals surface area contributed by atoms with Crippen LogP contribution in [0.5, 0.6) is 0 Å². The van der Waals surface area contributed by atoms with Gasteiger partial charge in [0, 0.05) is 11.4 Å². The summed E-state index contributed by atoms with van der Waals surface area (Å²) < 4.78 is 37.5. The number of thioether (sulfide) groups is 1. The van der Waals surface area contributed by atoms with E-state index in [0.717, 1.165) is 4.90 Å². The standard InChI is InChI=1S/C13H14F3NO3S/c1-2-7-17(8-11(18)19)12(20)9-5-3-4-6-10(9)21-13(14,15)16/h3-6H,2,7-8H2,1H3,(H,18,19). The van der Waals surface area contributed by atoms with Crippen LogP contribution in [0, 0.1) is 0 Å². The molecule has 0 heterocycles. The molecule has 1 rings (SSSR count). The fourth-order valence-electron chi connectivity index (χ4n) is 1.71. The SMILES string of the molecule is CCCN(CC(=O)O)C(=O)c1ccccc1SC(F)(F)F. The average molecular weight is 321 g/mol. The first-order valence-electron chi connectivity index (χ1n) is 6.10. The van der Waals surface area contributed by atoms with Crippen molar-refractivity contribution in [2.45, 2.75) is 23.7 Å². The van der Waals surface area contributed by atoms with Gasteiger partial charge in [-0.2, -0.15) is 13.2 Å². The highest BCUT2D eigenvalue weighted by Crippen LogP contribution is 2.38. The summed E-state index contributed by atoms with van der Waals surface area (Å²) in [6.45, 7) is 1.37. The van der Waals surface area contributed by atoms with Crippen molar-refractivity contribution in [3.05, 3.63) is 29.8 Å². The van der Waals surface area contributed by atoms with Gasteiger partial charge in [0.2, 0.25) is 0 Å². The van der Waals surface area contributed by atoms with Crippen LogP contribution in [0.2, 0.25) is 0 Å². The fourth-order valence-corrected chi connectivity index (χ4v) is 2.37. The van der Waals surface area contributed by atoms with Gasteiger partial charge in [-0.05, 0) is 30.3 Å². The molecule has 1 aromatic carbocycles. The number of benzene rings is 1. The fraction of sp³-hybridized carbons (Fsp3) is 0.385. The molecule has 116 valence electrons. The van der Waals surface area contributed by atoms with Crippen LogP contribution >= 0.6 is 11.8 Å². The molecule has 0 aliphatic rings. The molecule has 0 aromatic heterocycles. The molecule has 4 nitrogen and oxygen atoms in total. The first-order valence-corrected chi connectivity index (χ1v) is 6.92. The highest BCUT2D eigenvalue weighted by atomic mass is 32.2. The number of aliphatic carboxylic acids is 1. The molecule has 0 aliphatic carbocycles. The van der Waals surface area contributed by atoms with Gasteiger partial charge in [0.25, 0.3) is 5.91 Å². The van der Waals surface area contributed by atoms with Gasteiger partial charge in [0.1, 0.15) is 6.54 Å². The van der Waals surface area contributed by atoms with Crippen molar-refractivity contribution < 1.29 is 27.9 Å². The summed E-state index contributed by atoms with van der Waals surface area (Å²) >= 11 is -0.385. The van der Waals surface area contributed by atoms with E-state index >= 15 is 0 Å². The van der Waals surface area contributed by atoms with Crippen molar-refractivity contribution in [1.29, 1.82) is 0 Å². The van der Waals surface area contributed by atoms with Crippen molar-refractivity contribution in [3.63, 3.8) is 0 Å². The molecular weight excluding hydrogens is 307 g/mol. The average Bonchev–Trinajstić information content (AvgIpc) is 2.35. The van der Waals surface area contributed by atoms with E-state index in [-0.39, 0.29) is 28.8 Å². The molecule has 0 atom stereocenters. The van der Waals surface area contributed by atoms with Crippen LogP contribution in [0.4, 0.5) is 13.2 Å². The Bertz CT molecular complexity index is 520. The van der Waals surface area contributed by atoms with E-state index in [0.29, 0.717) is 6.42 Å². The van der Waals surface area contributed by atoms with Crippen LogP contribution in [0.25, 0.3) is 0 Å². The Kier molecular flexibility index (Phi) is 6.07. The highest BCUT2D eigenvalue weighted by molar-refractivity contribution is 8.00. The summed E-state index contributed by atoms with van der Waals surface area (Å²) in [5, 5.41) is 8.78. The summed E-state index contributed by atoms with van der Waals surface area (Å²) in [5.41, 5.74) is -4.66. The predicted octanol–water partition coefficient (Wildman–Crippen LogP) is 3.24. The number of carboxylic acid groups (broad SMARTS) is 1. The van der Waals surface area contributed by atoms with Gasteiger partial charge in [-0.15, -0.1) is 0 Å². The summed E-state index contributed by atoms with van der Waals surface area (Å²) in [6, 6.07) is 5.29. The Morgan fingerprint density at radius 1 is 1.29 bits per heavy atom. The highest BCUT2D eigenvalue weighted by Gasteiger charge is 2.32. The zero-order valence-corrected chi connectivity index (χ0v) is 12.0. The topological polar surface area (TPSA) is 57.6 Å². The number of carbonyl (C=O) groups excluding carboxylic acids is 1. The van der Waals surface area contributed by atoms with Gasteiger partial charge in [-0.1, -0.05) is 19.1 Å². The maximum atomic E-state index is 12.5. The Labute approximate surface area is 123 Å². The quantitative estimate of drug-likeness (QED) is 0.817. The molecule has 21 heavy (non-hydrogen) atoms. The summed E-state index contributed by atoms with van der Waals surface area (Å²) in [6.07, 6.45) is 0.508. The molecule has 0 saturated heterocycles. The van der Waals surface area contributed by atoms with Crippen LogP contribution in [-0.2, 0) is 4.79 Å². The molecule has 0 radical (unpaired) electrons.